The first-order valence-corrected chi connectivity index (χ1v) is 17.2. The largest absolute Gasteiger partial charge is 0.393 e. The van der Waals surface area contributed by atoms with Gasteiger partial charge in [-0.25, -0.2) is 0 Å². The average Bonchev–Trinajstić information content (AvgIpc) is 3.44. The summed E-state index contributed by atoms with van der Waals surface area (Å²) in [5.41, 5.74) is 1.39. The van der Waals surface area contributed by atoms with E-state index in [4.69, 9.17) is 4.74 Å². The van der Waals surface area contributed by atoms with E-state index in [1.54, 1.807) is 0 Å². The molecule has 4 aliphatic rings. The van der Waals surface area contributed by atoms with Gasteiger partial charge in [0.05, 0.1) is 12.6 Å². The lowest BCUT2D eigenvalue weighted by Crippen LogP contribution is -2.48. The number of amides is 1. The van der Waals surface area contributed by atoms with Gasteiger partial charge >= 0.3 is 0 Å². The summed E-state index contributed by atoms with van der Waals surface area (Å²) in [6, 6.07) is 2.20. The van der Waals surface area contributed by atoms with E-state index in [0.29, 0.717) is 30.5 Å². The topological polar surface area (TPSA) is 89.7 Å². The van der Waals surface area contributed by atoms with E-state index in [0.717, 1.165) is 38.8 Å². The Bertz CT molecular complexity index is 736. The van der Waals surface area contributed by atoms with Crippen molar-refractivity contribution in [3.05, 3.63) is 11.9 Å². The van der Waals surface area contributed by atoms with E-state index in [2.05, 4.69) is 58.5 Å². The smallest absolute Gasteiger partial charge is 0.237 e. The molecule has 5 atom stereocenters. The lowest BCUT2D eigenvalue weighted by atomic mass is 9.83. The molecule has 5 N–H and O–H groups in total. The molecule has 0 aromatic carbocycles. The van der Waals surface area contributed by atoms with Gasteiger partial charge in [-0.3, -0.25) is 4.79 Å². The van der Waals surface area contributed by atoms with Crippen LogP contribution in [0.1, 0.15) is 105 Å². The van der Waals surface area contributed by atoms with Crippen molar-refractivity contribution in [2.75, 3.05) is 46.4 Å². The third-order valence-corrected chi connectivity index (χ3v) is 9.83. The number of piperidine rings is 1. The number of fused-ring (bicyclic) bond motifs is 1. The Morgan fingerprint density at radius 1 is 1.05 bits per heavy atom. The zero-order valence-corrected chi connectivity index (χ0v) is 27.1. The van der Waals surface area contributed by atoms with Gasteiger partial charge in [0.15, 0.2) is 0 Å². The summed E-state index contributed by atoms with van der Waals surface area (Å²) in [6.45, 7) is 14.2. The van der Waals surface area contributed by atoms with Crippen LogP contribution in [-0.4, -0.2) is 87.5 Å². The highest BCUT2D eigenvalue weighted by Gasteiger charge is 2.38. The molecule has 4 rings (SSSR count). The van der Waals surface area contributed by atoms with E-state index >= 15 is 0 Å². The highest BCUT2D eigenvalue weighted by Crippen LogP contribution is 2.34. The second-order valence-corrected chi connectivity index (χ2v) is 12.9. The zero-order valence-electron chi connectivity index (χ0n) is 27.1. The van der Waals surface area contributed by atoms with Crippen LogP contribution in [0.4, 0.5) is 0 Å². The minimum atomic E-state index is -0.00629. The van der Waals surface area contributed by atoms with Gasteiger partial charge in [-0.15, -0.1) is 0 Å². The van der Waals surface area contributed by atoms with Crippen molar-refractivity contribution in [2.45, 2.75) is 135 Å². The van der Waals surface area contributed by atoms with Crippen molar-refractivity contribution in [2.24, 2.45) is 11.8 Å². The minimum Gasteiger partial charge on any atom is -0.393 e. The molecule has 238 valence electrons. The molecule has 8 heteroatoms. The first-order valence-electron chi connectivity index (χ1n) is 17.2. The number of ether oxygens (including phenoxy) is 1. The third-order valence-electron chi connectivity index (χ3n) is 9.83. The summed E-state index contributed by atoms with van der Waals surface area (Å²) in [5.74, 6) is 1.45. The number of hydrogen-bond acceptors (Lipinski definition) is 7. The Labute approximate surface area is 251 Å². The van der Waals surface area contributed by atoms with E-state index in [9.17, 15) is 4.79 Å². The van der Waals surface area contributed by atoms with E-state index in [-0.39, 0.29) is 18.0 Å². The van der Waals surface area contributed by atoms with Crippen molar-refractivity contribution in [3.63, 3.8) is 0 Å². The lowest BCUT2D eigenvalue weighted by molar-refractivity contribution is -0.123. The number of nitrogens with one attached hydrogen (secondary N) is 5. The molecule has 2 aliphatic heterocycles. The van der Waals surface area contributed by atoms with Crippen LogP contribution in [0.5, 0.6) is 0 Å². The number of carbonyl (C=O) groups excluding carboxylic acids is 1. The average molecular weight is 577 g/mol. The van der Waals surface area contributed by atoms with Gasteiger partial charge in [0.25, 0.3) is 0 Å². The van der Waals surface area contributed by atoms with Gasteiger partial charge in [-0.1, -0.05) is 19.3 Å². The van der Waals surface area contributed by atoms with Crippen LogP contribution < -0.4 is 26.6 Å². The number of carbonyl (C=O) groups is 1. The second-order valence-electron chi connectivity index (χ2n) is 12.9. The third kappa shape index (κ3) is 11.3. The SMILES string of the molecule is CC1CCCCN1.CCOCCNC1CCC(/C(=C/NC)N(CC)C(C)CNC(=O)C2CC3CCCCC3N2)CC1. The lowest BCUT2D eigenvalue weighted by Gasteiger charge is -2.39. The van der Waals surface area contributed by atoms with Crippen LogP contribution in [0, 0.1) is 11.8 Å². The van der Waals surface area contributed by atoms with Crippen LogP contribution in [0.25, 0.3) is 0 Å². The van der Waals surface area contributed by atoms with Crippen molar-refractivity contribution < 1.29 is 9.53 Å². The van der Waals surface area contributed by atoms with Gasteiger partial charge in [0, 0.05) is 75.3 Å². The molecule has 2 saturated carbocycles. The Morgan fingerprint density at radius 2 is 1.80 bits per heavy atom. The maximum absolute atomic E-state index is 12.9. The molecule has 2 heterocycles. The molecule has 2 aliphatic carbocycles. The highest BCUT2D eigenvalue weighted by atomic mass is 16.5. The maximum atomic E-state index is 12.9. The number of hydrogen-bond donors (Lipinski definition) is 5. The normalized spacial score (nSPS) is 30.9. The first-order chi connectivity index (χ1) is 20.0. The van der Waals surface area contributed by atoms with Crippen LogP contribution in [0.2, 0.25) is 0 Å². The summed E-state index contributed by atoms with van der Waals surface area (Å²) >= 11 is 0. The maximum Gasteiger partial charge on any atom is 0.237 e. The van der Waals surface area contributed by atoms with Gasteiger partial charge in [0.1, 0.15) is 0 Å². The Hall–Kier alpha value is -1.35. The van der Waals surface area contributed by atoms with Crippen molar-refractivity contribution in [1.29, 1.82) is 0 Å². The van der Waals surface area contributed by atoms with E-state index in [1.165, 1.54) is 82.9 Å². The molecule has 0 bridgehead atoms. The molecule has 2 saturated heterocycles. The molecule has 0 spiro atoms. The van der Waals surface area contributed by atoms with Crippen LogP contribution in [0.15, 0.2) is 11.9 Å². The zero-order chi connectivity index (χ0) is 29.5. The molecule has 0 aromatic heterocycles. The highest BCUT2D eigenvalue weighted by molar-refractivity contribution is 5.82. The van der Waals surface area contributed by atoms with Crippen molar-refractivity contribution in [3.8, 4) is 0 Å². The molecule has 5 unspecified atom stereocenters. The molecule has 4 fully saturated rings. The molecule has 41 heavy (non-hydrogen) atoms. The molecular formula is C33H64N6O2. The van der Waals surface area contributed by atoms with E-state index in [1.807, 2.05) is 14.0 Å². The van der Waals surface area contributed by atoms with E-state index < -0.39 is 0 Å². The van der Waals surface area contributed by atoms with Gasteiger partial charge in [-0.2, -0.15) is 0 Å². The van der Waals surface area contributed by atoms with Crippen molar-refractivity contribution in [1.82, 2.24) is 31.5 Å². The minimum absolute atomic E-state index is 0.00629. The number of nitrogens with zero attached hydrogens (tertiary/aromatic N) is 1. The summed E-state index contributed by atoms with van der Waals surface area (Å²) < 4.78 is 5.46. The van der Waals surface area contributed by atoms with Crippen LogP contribution in [-0.2, 0) is 9.53 Å². The summed E-state index contributed by atoms with van der Waals surface area (Å²) in [7, 11) is 1.99. The van der Waals surface area contributed by atoms with Gasteiger partial charge < -0.3 is 36.2 Å². The molecule has 8 nitrogen and oxygen atoms in total. The summed E-state index contributed by atoms with van der Waals surface area (Å²) in [5, 5.41) is 17.2. The monoisotopic (exact) mass is 577 g/mol. The van der Waals surface area contributed by atoms with Gasteiger partial charge in [-0.05, 0) is 97.9 Å². The van der Waals surface area contributed by atoms with Gasteiger partial charge in [0.2, 0.25) is 5.91 Å². The van der Waals surface area contributed by atoms with Crippen LogP contribution in [0.3, 0.4) is 0 Å². The summed E-state index contributed by atoms with van der Waals surface area (Å²) in [6.07, 6.45) is 17.3. The fourth-order valence-electron chi connectivity index (χ4n) is 7.43. The Morgan fingerprint density at radius 3 is 2.41 bits per heavy atom. The second kappa shape index (κ2) is 19.0. The quantitative estimate of drug-likeness (QED) is 0.211. The number of allylic oxidation sites excluding steroid dienone is 1. The predicted molar refractivity (Wildman–Crippen MR) is 171 cm³/mol. The molecule has 0 aromatic rings. The first kappa shape index (κ1) is 34.1. The standard InChI is InChI=1S/C27H51N5O2.C6H13N/c1-5-32(20(3)18-30-27(33)25-17-22-9-7-8-10-24(22)31-25)26(19-28-4)21-11-13-23(14-12-21)29-15-16-34-6-2;1-6-4-2-3-5-7-6/h19-25,28-29,31H,5-18H2,1-4H3,(H,30,33);6-7H,2-5H2,1H3/b26-19-;. The predicted octanol–water partition coefficient (Wildman–Crippen LogP) is 4.13. The molecule has 0 radical (unpaired) electrons. The fourth-order valence-corrected chi connectivity index (χ4v) is 7.43. The Balaban J connectivity index is 0.000000575. The van der Waals surface area contributed by atoms with Crippen LogP contribution >= 0.6 is 0 Å². The number of rotatable bonds is 13. The Kier molecular flexibility index (Phi) is 15.9. The fraction of sp³-hybridized carbons (Fsp3) is 0.909. The summed E-state index contributed by atoms with van der Waals surface area (Å²) in [4.78, 5) is 15.4. The number of likely N-dealkylation sites (N-methyl/N-ethyl adjacent to an activating group) is 1. The molecule has 1 amide bonds. The van der Waals surface area contributed by atoms with Crippen molar-refractivity contribution >= 4 is 5.91 Å². The molecular weight excluding hydrogens is 512 g/mol.